The zero-order valence-corrected chi connectivity index (χ0v) is 13.4. The molecule has 20 heavy (non-hydrogen) atoms. The largest absolute Gasteiger partial charge is 0.481 e. The van der Waals surface area contributed by atoms with Crippen molar-refractivity contribution in [2.45, 2.75) is 72.0 Å². The number of rotatable bonds is 9. The summed E-state index contributed by atoms with van der Waals surface area (Å²) in [7, 11) is 0. The van der Waals surface area contributed by atoms with Crippen LogP contribution in [0.4, 0.5) is 0 Å². The third kappa shape index (κ3) is 5.06. The lowest BCUT2D eigenvalue weighted by molar-refractivity contribution is -0.148. The Morgan fingerprint density at radius 3 is 2.45 bits per heavy atom. The maximum absolute atomic E-state index is 11.3. The molecule has 0 aromatic heterocycles. The Hall–Kier alpha value is -0.610. The van der Waals surface area contributed by atoms with Crippen molar-refractivity contribution >= 4 is 5.97 Å². The van der Waals surface area contributed by atoms with Crippen LogP contribution in [0.5, 0.6) is 0 Å². The van der Waals surface area contributed by atoms with Crippen LogP contribution in [0.2, 0.25) is 0 Å². The summed E-state index contributed by atoms with van der Waals surface area (Å²) in [5, 5.41) is 9.27. The van der Waals surface area contributed by atoms with Gasteiger partial charge < -0.3 is 14.6 Å². The number of carbonyl (C=O) groups is 1. The van der Waals surface area contributed by atoms with E-state index in [2.05, 4.69) is 6.92 Å². The maximum atomic E-state index is 11.3. The van der Waals surface area contributed by atoms with Gasteiger partial charge in [0.25, 0.3) is 0 Å². The zero-order valence-electron chi connectivity index (χ0n) is 13.4. The van der Waals surface area contributed by atoms with Crippen LogP contribution >= 0.6 is 0 Å². The highest BCUT2D eigenvalue weighted by Gasteiger charge is 2.32. The number of hydrogen-bond acceptors (Lipinski definition) is 3. The minimum atomic E-state index is -0.674. The molecule has 1 N–H and O–H groups in total. The van der Waals surface area contributed by atoms with Crippen molar-refractivity contribution in [1.82, 2.24) is 0 Å². The summed E-state index contributed by atoms with van der Waals surface area (Å²) in [6.45, 7) is 9.40. The Morgan fingerprint density at radius 1 is 1.35 bits per heavy atom. The monoisotopic (exact) mass is 286 g/mol. The SMILES string of the molecule is CCC(C)(CCC(C)CCCC1(C)OCCO1)C(=O)O. The smallest absolute Gasteiger partial charge is 0.309 e. The van der Waals surface area contributed by atoms with Crippen molar-refractivity contribution in [2.24, 2.45) is 11.3 Å². The lowest BCUT2D eigenvalue weighted by Gasteiger charge is -2.25. The quantitative estimate of drug-likeness (QED) is 0.699. The van der Waals surface area contributed by atoms with Crippen LogP contribution in [-0.4, -0.2) is 30.1 Å². The second-order valence-electron chi connectivity index (χ2n) is 6.59. The first-order chi connectivity index (χ1) is 9.31. The van der Waals surface area contributed by atoms with Gasteiger partial charge in [-0.1, -0.05) is 20.3 Å². The Labute approximate surface area is 122 Å². The molecular weight excluding hydrogens is 256 g/mol. The lowest BCUT2D eigenvalue weighted by atomic mass is 9.80. The number of ether oxygens (including phenoxy) is 2. The van der Waals surface area contributed by atoms with E-state index in [1.165, 1.54) is 0 Å². The van der Waals surface area contributed by atoms with Crippen molar-refractivity contribution in [3.8, 4) is 0 Å². The summed E-state index contributed by atoms with van der Waals surface area (Å²) in [6.07, 6.45) is 5.49. The summed E-state index contributed by atoms with van der Waals surface area (Å²) in [5.41, 5.74) is -0.572. The average Bonchev–Trinajstić information content (AvgIpc) is 2.82. The highest BCUT2D eigenvalue weighted by Crippen LogP contribution is 2.31. The second kappa shape index (κ2) is 7.41. The fourth-order valence-electron chi connectivity index (χ4n) is 2.62. The Kier molecular flexibility index (Phi) is 6.46. The number of hydrogen-bond donors (Lipinski definition) is 1. The van der Waals surface area contributed by atoms with Gasteiger partial charge in [0.15, 0.2) is 5.79 Å². The van der Waals surface area contributed by atoms with E-state index >= 15 is 0 Å². The minimum absolute atomic E-state index is 0.390. The number of aliphatic carboxylic acids is 1. The first-order valence-electron chi connectivity index (χ1n) is 7.82. The van der Waals surface area contributed by atoms with Crippen molar-refractivity contribution in [1.29, 1.82) is 0 Å². The summed E-state index contributed by atoms with van der Waals surface area (Å²) < 4.78 is 11.2. The van der Waals surface area contributed by atoms with Gasteiger partial charge in [0, 0.05) is 6.42 Å². The van der Waals surface area contributed by atoms with Gasteiger partial charge in [-0.25, -0.2) is 0 Å². The van der Waals surface area contributed by atoms with E-state index < -0.39 is 17.2 Å². The van der Waals surface area contributed by atoms with Crippen molar-refractivity contribution in [3.05, 3.63) is 0 Å². The predicted octanol–water partition coefficient (Wildman–Crippen LogP) is 3.84. The van der Waals surface area contributed by atoms with E-state index in [4.69, 9.17) is 9.47 Å². The van der Waals surface area contributed by atoms with Gasteiger partial charge in [0.05, 0.1) is 18.6 Å². The molecule has 1 rings (SSSR count). The molecule has 0 saturated carbocycles. The second-order valence-corrected chi connectivity index (χ2v) is 6.59. The summed E-state index contributed by atoms with van der Waals surface area (Å²) in [5.74, 6) is -0.517. The predicted molar refractivity (Wildman–Crippen MR) is 78.6 cm³/mol. The molecule has 0 spiro atoms. The van der Waals surface area contributed by atoms with Crippen LogP contribution in [-0.2, 0) is 14.3 Å². The van der Waals surface area contributed by atoms with Crippen LogP contribution in [0.15, 0.2) is 0 Å². The molecule has 118 valence electrons. The number of carboxylic acids is 1. The first-order valence-corrected chi connectivity index (χ1v) is 7.82. The topological polar surface area (TPSA) is 55.8 Å². The van der Waals surface area contributed by atoms with Crippen LogP contribution < -0.4 is 0 Å². The van der Waals surface area contributed by atoms with Crippen LogP contribution in [0.1, 0.15) is 66.2 Å². The third-order valence-electron chi connectivity index (χ3n) is 4.71. The molecule has 2 unspecified atom stereocenters. The molecule has 1 fully saturated rings. The van der Waals surface area contributed by atoms with Gasteiger partial charge in [-0.05, 0) is 45.4 Å². The normalized spacial score (nSPS) is 22.4. The van der Waals surface area contributed by atoms with E-state index in [1.807, 2.05) is 20.8 Å². The molecule has 0 radical (unpaired) electrons. The van der Waals surface area contributed by atoms with Gasteiger partial charge in [-0.3, -0.25) is 4.79 Å². The van der Waals surface area contributed by atoms with Gasteiger partial charge in [-0.15, -0.1) is 0 Å². The number of carboxylic acid groups (broad SMARTS) is 1. The molecule has 2 atom stereocenters. The van der Waals surface area contributed by atoms with E-state index in [-0.39, 0.29) is 0 Å². The van der Waals surface area contributed by atoms with Gasteiger partial charge in [0.2, 0.25) is 0 Å². The standard InChI is InChI=1S/C16H30O4/c1-5-15(3,14(17)18)10-8-13(2)7-6-9-16(4)19-11-12-20-16/h13H,5-12H2,1-4H3,(H,17,18). The van der Waals surface area contributed by atoms with Crippen LogP contribution in [0.3, 0.4) is 0 Å². The van der Waals surface area contributed by atoms with E-state index in [0.717, 1.165) is 32.1 Å². The molecule has 0 bridgehead atoms. The third-order valence-corrected chi connectivity index (χ3v) is 4.71. The van der Waals surface area contributed by atoms with Crippen molar-refractivity contribution in [2.75, 3.05) is 13.2 Å². The first kappa shape index (κ1) is 17.4. The van der Waals surface area contributed by atoms with Gasteiger partial charge in [0.1, 0.15) is 0 Å². The Balaban J connectivity index is 2.23. The molecule has 0 amide bonds. The summed E-state index contributed by atoms with van der Waals surface area (Å²) >= 11 is 0. The zero-order chi connectivity index (χ0) is 15.2. The summed E-state index contributed by atoms with van der Waals surface area (Å²) in [4.78, 5) is 11.3. The molecule has 1 saturated heterocycles. The van der Waals surface area contributed by atoms with E-state index in [1.54, 1.807) is 0 Å². The minimum Gasteiger partial charge on any atom is -0.481 e. The highest BCUT2D eigenvalue weighted by molar-refractivity contribution is 5.73. The maximum Gasteiger partial charge on any atom is 0.309 e. The molecule has 0 aromatic rings. The molecule has 1 aliphatic heterocycles. The Bertz CT molecular complexity index is 310. The molecule has 0 aliphatic carbocycles. The van der Waals surface area contributed by atoms with E-state index in [0.29, 0.717) is 25.6 Å². The molecule has 4 nitrogen and oxygen atoms in total. The fourth-order valence-corrected chi connectivity index (χ4v) is 2.62. The molecule has 1 aliphatic rings. The van der Waals surface area contributed by atoms with Crippen molar-refractivity contribution in [3.63, 3.8) is 0 Å². The Morgan fingerprint density at radius 2 is 1.95 bits per heavy atom. The van der Waals surface area contributed by atoms with E-state index in [9.17, 15) is 9.90 Å². The van der Waals surface area contributed by atoms with Crippen LogP contribution in [0, 0.1) is 11.3 Å². The molecular formula is C16H30O4. The van der Waals surface area contributed by atoms with Gasteiger partial charge >= 0.3 is 5.97 Å². The van der Waals surface area contributed by atoms with Crippen molar-refractivity contribution < 1.29 is 19.4 Å². The molecule has 1 heterocycles. The molecule has 4 heteroatoms. The fraction of sp³-hybridized carbons (Fsp3) is 0.938. The average molecular weight is 286 g/mol. The summed E-state index contributed by atoms with van der Waals surface area (Å²) in [6, 6.07) is 0. The molecule has 0 aromatic carbocycles. The lowest BCUT2D eigenvalue weighted by Crippen LogP contribution is -2.27. The van der Waals surface area contributed by atoms with Crippen LogP contribution in [0.25, 0.3) is 0 Å². The van der Waals surface area contributed by atoms with Gasteiger partial charge in [-0.2, -0.15) is 0 Å². The highest BCUT2D eigenvalue weighted by atomic mass is 16.7.